The third-order valence-corrected chi connectivity index (χ3v) is 3.93. The lowest BCUT2D eigenvalue weighted by Gasteiger charge is -2.27. The van der Waals surface area contributed by atoms with Crippen LogP contribution >= 0.6 is 0 Å². The Labute approximate surface area is 115 Å². The van der Waals surface area contributed by atoms with Gasteiger partial charge in [-0.05, 0) is 37.4 Å². The molecule has 19 heavy (non-hydrogen) atoms. The smallest absolute Gasteiger partial charge is 0.122 e. The monoisotopic (exact) mass is 258 g/mol. The van der Waals surface area contributed by atoms with E-state index in [-0.39, 0.29) is 5.92 Å². The topological polar surface area (TPSA) is 45.0 Å². The zero-order valence-electron chi connectivity index (χ0n) is 11.6. The van der Waals surface area contributed by atoms with Crippen molar-refractivity contribution in [3.8, 4) is 11.8 Å². The van der Waals surface area contributed by atoms with E-state index in [1.165, 1.54) is 18.4 Å². The molecule has 1 aliphatic rings. The van der Waals surface area contributed by atoms with Crippen molar-refractivity contribution in [2.45, 2.75) is 38.1 Å². The maximum absolute atomic E-state index is 9.15. The molecule has 1 aliphatic carbocycles. The minimum absolute atomic E-state index is 0.186. The SMILES string of the molecule is COc1ccccc1CCNC1CCCCC1C#N. The van der Waals surface area contributed by atoms with Crippen LogP contribution in [0.1, 0.15) is 31.2 Å². The van der Waals surface area contributed by atoms with Gasteiger partial charge in [0.25, 0.3) is 0 Å². The Morgan fingerprint density at radius 2 is 2.11 bits per heavy atom. The lowest BCUT2D eigenvalue weighted by Crippen LogP contribution is -2.38. The van der Waals surface area contributed by atoms with Gasteiger partial charge in [0.1, 0.15) is 5.75 Å². The molecule has 102 valence electrons. The number of nitrogens with zero attached hydrogens (tertiary/aromatic N) is 1. The van der Waals surface area contributed by atoms with E-state index >= 15 is 0 Å². The van der Waals surface area contributed by atoms with E-state index in [0.29, 0.717) is 6.04 Å². The fourth-order valence-corrected chi connectivity index (χ4v) is 2.83. The van der Waals surface area contributed by atoms with Gasteiger partial charge < -0.3 is 10.1 Å². The highest BCUT2D eigenvalue weighted by Crippen LogP contribution is 2.24. The zero-order chi connectivity index (χ0) is 13.5. The van der Waals surface area contributed by atoms with E-state index in [0.717, 1.165) is 31.6 Å². The summed E-state index contributed by atoms with van der Waals surface area (Å²) in [6.45, 7) is 0.906. The van der Waals surface area contributed by atoms with Crippen LogP contribution in [0.2, 0.25) is 0 Å². The van der Waals surface area contributed by atoms with Gasteiger partial charge in [-0.2, -0.15) is 5.26 Å². The Kier molecular flexibility index (Phi) is 5.23. The van der Waals surface area contributed by atoms with Gasteiger partial charge in [-0.3, -0.25) is 0 Å². The predicted octanol–water partition coefficient (Wildman–Crippen LogP) is 2.91. The van der Waals surface area contributed by atoms with E-state index in [1.807, 2.05) is 18.2 Å². The molecule has 0 spiro atoms. The molecule has 0 radical (unpaired) electrons. The van der Waals surface area contributed by atoms with Crippen LogP contribution in [0.5, 0.6) is 5.75 Å². The molecule has 2 rings (SSSR count). The molecular formula is C16H22N2O. The Balaban J connectivity index is 1.84. The van der Waals surface area contributed by atoms with Crippen molar-refractivity contribution in [1.29, 1.82) is 5.26 Å². The summed E-state index contributed by atoms with van der Waals surface area (Å²) in [5.41, 5.74) is 1.22. The summed E-state index contributed by atoms with van der Waals surface area (Å²) in [5, 5.41) is 12.7. The van der Waals surface area contributed by atoms with Crippen LogP contribution in [0.4, 0.5) is 0 Å². The molecule has 3 heteroatoms. The highest BCUT2D eigenvalue weighted by molar-refractivity contribution is 5.33. The van der Waals surface area contributed by atoms with Crippen LogP contribution in [0.3, 0.4) is 0 Å². The average molecular weight is 258 g/mol. The van der Waals surface area contributed by atoms with Gasteiger partial charge in [-0.25, -0.2) is 0 Å². The summed E-state index contributed by atoms with van der Waals surface area (Å²) >= 11 is 0. The minimum Gasteiger partial charge on any atom is -0.496 e. The quantitative estimate of drug-likeness (QED) is 0.883. The molecule has 2 unspecified atom stereocenters. The molecule has 3 nitrogen and oxygen atoms in total. The minimum atomic E-state index is 0.186. The van der Waals surface area contributed by atoms with Crippen LogP contribution in [-0.4, -0.2) is 19.7 Å². The number of nitrogens with one attached hydrogen (secondary N) is 1. The molecule has 1 fully saturated rings. The molecule has 0 bridgehead atoms. The fraction of sp³-hybridized carbons (Fsp3) is 0.562. The standard InChI is InChI=1S/C16H22N2O/c1-19-16-9-5-3-6-13(16)10-11-18-15-8-4-2-7-14(15)12-17/h3,5-6,9,14-15,18H,2,4,7-8,10-11H2,1H3. The summed E-state index contributed by atoms with van der Waals surface area (Å²) in [6, 6.07) is 10.9. The first-order valence-electron chi connectivity index (χ1n) is 7.10. The number of methoxy groups -OCH3 is 1. The average Bonchev–Trinajstić information content (AvgIpc) is 2.48. The second-order valence-corrected chi connectivity index (χ2v) is 5.14. The molecule has 1 saturated carbocycles. The van der Waals surface area contributed by atoms with E-state index in [4.69, 9.17) is 10.00 Å². The van der Waals surface area contributed by atoms with Gasteiger partial charge in [0.05, 0.1) is 19.1 Å². The van der Waals surface area contributed by atoms with Crippen molar-refractivity contribution < 1.29 is 4.74 Å². The Morgan fingerprint density at radius 1 is 1.32 bits per heavy atom. The third kappa shape index (κ3) is 3.71. The number of benzene rings is 1. The largest absolute Gasteiger partial charge is 0.496 e. The first-order valence-corrected chi connectivity index (χ1v) is 7.10. The summed E-state index contributed by atoms with van der Waals surface area (Å²) in [4.78, 5) is 0. The number of ether oxygens (including phenoxy) is 1. The number of rotatable bonds is 5. The van der Waals surface area contributed by atoms with E-state index in [1.54, 1.807) is 7.11 Å². The Bertz CT molecular complexity index is 439. The van der Waals surface area contributed by atoms with Crippen molar-refractivity contribution in [3.63, 3.8) is 0 Å². The summed E-state index contributed by atoms with van der Waals surface area (Å²) in [7, 11) is 1.71. The normalized spacial score (nSPS) is 22.7. The van der Waals surface area contributed by atoms with Gasteiger partial charge in [0.2, 0.25) is 0 Å². The lowest BCUT2D eigenvalue weighted by molar-refractivity contribution is 0.313. The molecule has 1 N–H and O–H groups in total. The number of hydrogen-bond donors (Lipinski definition) is 1. The van der Waals surface area contributed by atoms with Crippen LogP contribution in [0.15, 0.2) is 24.3 Å². The summed E-state index contributed by atoms with van der Waals surface area (Å²) < 4.78 is 5.35. The predicted molar refractivity (Wildman–Crippen MR) is 76.1 cm³/mol. The highest BCUT2D eigenvalue weighted by Gasteiger charge is 2.23. The van der Waals surface area contributed by atoms with Crippen molar-refractivity contribution in [2.24, 2.45) is 5.92 Å². The molecule has 1 aromatic rings. The van der Waals surface area contributed by atoms with Crippen LogP contribution in [-0.2, 0) is 6.42 Å². The second-order valence-electron chi connectivity index (χ2n) is 5.14. The van der Waals surface area contributed by atoms with Gasteiger partial charge in [0.15, 0.2) is 0 Å². The molecule has 0 saturated heterocycles. The highest BCUT2D eigenvalue weighted by atomic mass is 16.5. The second kappa shape index (κ2) is 7.16. The summed E-state index contributed by atoms with van der Waals surface area (Å²) in [6.07, 6.45) is 5.55. The van der Waals surface area contributed by atoms with E-state index < -0.39 is 0 Å². The van der Waals surface area contributed by atoms with Crippen molar-refractivity contribution >= 4 is 0 Å². The number of para-hydroxylation sites is 1. The molecule has 2 atom stereocenters. The Hall–Kier alpha value is -1.53. The van der Waals surface area contributed by atoms with Gasteiger partial charge >= 0.3 is 0 Å². The maximum atomic E-state index is 9.15. The van der Waals surface area contributed by atoms with Crippen LogP contribution in [0.25, 0.3) is 0 Å². The molecular weight excluding hydrogens is 236 g/mol. The molecule has 1 aromatic carbocycles. The molecule has 0 amide bonds. The first kappa shape index (κ1) is 13.9. The van der Waals surface area contributed by atoms with Crippen molar-refractivity contribution in [3.05, 3.63) is 29.8 Å². The molecule has 0 aromatic heterocycles. The van der Waals surface area contributed by atoms with Crippen LogP contribution < -0.4 is 10.1 Å². The third-order valence-electron chi connectivity index (χ3n) is 3.93. The fourth-order valence-electron chi connectivity index (χ4n) is 2.83. The Morgan fingerprint density at radius 3 is 2.89 bits per heavy atom. The van der Waals surface area contributed by atoms with Crippen LogP contribution in [0, 0.1) is 17.2 Å². The van der Waals surface area contributed by atoms with Crippen molar-refractivity contribution in [2.75, 3.05) is 13.7 Å². The van der Waals surface area contributed by atoms with Crippen molar-refractivity contribution in [1.82, 2.24) is 5.32 Å². The van der Waals surface area contributed by atoms with Gasteiger partial charge in [0, 0.05) is 6.04 Å². The lowest BCUT2D eigenvalue weighted by atomic mass is 9.85. The summed E-state index contributed by atoms with van der Waals surface area (Å²) in [5.74, 6) is 1.14. The molecule has 0 heterocycles. The maximum Gasteiger partial charge on any atom is 0.122 e. The first-order chi connectivity index (χ1) is 9.35. The number of nitriles is 1. The molecule has 0 aliphatic heterocycles. The van der Waals surface area contributed by atoms with Gasteiger partial charge in [-0.1, -0.05) is 31.0 Å². The van der Waals surface area contributed by atoms with E-state index in [9.17, 15) is 0 Å². The van der Waals surface area contributed by atoms with Gasteiger partial charge in [-0.15, -0.1) is 0 Å². The van der Waals surface area contributed by atoms with E-state index in [2.05, 4.69) is 17.5 Å². The zero-order valence-corrected chi connectivity index (χ0v) is 11.6. The number of hydrogen-bond acceptors (Lipinski definition) is 3.